The van der Waals surface area contributed by atoms with Crippen molar-refractivity contribution in [1.82, 2.24) is 20.4 Å². The first-order valence-electron chi connectivity index (χ1n) is 10.8. The molecule has 2 heterocycles. The van der Waals surface area contributed by atoms with Crippen molar-refractivity contribution in [3.8, 4) is 5.75 Å². The van der Waals surface area contributed by atoms with Crippen molar-refractivity contribution in [3.05, 3.63) is 58.1 Å². The van der Waals surface area contributed by atoms with Crippen molar-refractivity contribution in [2.45, 2.75) is 17.7 Å². The van der Waals surface area contributed by atoms with E-state index >= 15 is 0 Å². The van der Waals surface area contributed by atoms with Gasteiger partial charge in [0.2, 0.25) is 11.8 Å². The highest BCUT2D eigenvalue weighted by Crippen LogP contribution is 2.35. The summed E-state index contributed by atoms with van der Waals surface area (Å²) in [6.45, 7) is 0. The summed E-state index contributed by atoms with van der Waals surface area (Å²) in [6, 6.07) is 11.9. The Labute approximate surface area is 217 Å². The number of carbonyl (C=O) groups excluding carboxylic acids is 3. The number of nitrogens with one attached hydrogen (secondary N) is 3. The van der Waals surface area contributed by atoms with Crippen LogP contribution in [0.1, 0.15) is 11.7 Å². The van der Waals surface area contributed by atoms with Gasteiger partial charge in [-0.25, -0.2) is 4.79 Å². The van der Waals surface area contributed by atoms with Gasteiger partial charge in [0.25, 0.3) is 0 Å². The quantitative estimate of drug-likeness (QED) is 0.519. The first kappa shape index (κ1) is 25.6. The van der Waals surface area contributed by atoms with Gasteiger partial charge in [0, 0.05) is 19.8 Å². The Kier molecular flexibility index (Phi) is 7.77. The van der Waals surface area contributed by atoms with E-state index in [1.54, 1.807) is 32.4 Å². The normalized spacial score (nSPS) is 24.3. The van der Waals surface area contributed by atoms with Gasteiger partial charge in [-0.2, -0.15) is 0 Å². The van der Waals surface area contributed by atoms with Gasteiger partial charge in [0.15, 0.2) is 0 Å². The van der Waals surface area contributed by atoms with E-state index in [0.717, 1.165) is 10.5 Å². The fourth-order valence-corrected chi connectivity index (χ4v) is 5.53. The molecule has 0 aliphatic carbocycles. The Balaban J connectivity index is 1.53. The number of hydrogen-bond acceptors (Lipinski definition) is 7. The molecule has 12 heteroatoms. The number of benzene rings is 2. The molecule has 2 aromatic rings. The van der Waals surface area contributed by atoms with E-state index in [2.05, 4.69) is 16.0 Å². The molecule has 2 aliphatic heterocycles. The molecule has 2 aliphatic rings. The number of hydrogen-bond donors (Lipinski definition) is 3. The highest BCUT2D eigenvalue weighted by molar-refractivity contribution is 8.00. The number of methoxy groups -OCH3 is 1. The van der Waals surface area contributed by atoms with Crippen molar-refractivity contribution < 1.29 is 19.1 Å². The number of halogens is 2. The molecule has 186 valence electrons. The molecule has 0 saturated carbocycles. The number of urea groups is 1. The lowest BCUT2D eigenvalue weighted by molar-refractivity contribution is -0.140. The third-order valence-corrected chi connectivity index (χ3v) is 7.96. The lowest BCUT2D eigenvalue weighted by atomic mass is 9.96. The Bertz CT molecular complexity index is 1140. The van der Waals surface area contributed by atoms with Gasteiger partial charge in [0.05, 0.1) is 46.5 Å². The molecule has 3 N–H and O–H groups in total. The Morgan fingerprint density at radius 3 is 2.46 bits per heavy atom. The van der Waals surface area contributed by atoms with Crippen molar-refractivity contribution in [1.29, 1.82) is 0 Å². The number of ether oxygens (including phenoxy) is 1. The number of imide groups is 1. The standard InChI is InChI=1S/C23H25Cl2N5O4S/c1-29-20-18(22(32)30(2)23(29)33)21(28-19(27-20)12-4-7-14(34-3)8-5-12)35-11-17(31)26-13-6-9-15(24)16(25)10-13/h4-10,18-21,27-28H,11H2,1-3H3,(H,26,31). The minimum absolute atomic E-state index is 0.0745. The molecule has 0 spiro atoms. The minimum Gasteiger partial charge on any atom is -0.497 e. The summed E-state index contributed by atoms with van der Waals surface area (Å²) in [5.74, 6) is -0.374. The maximum Gasteiger partial charge on any atom is 0.327 e. The van der Waals surface area contributed by atoms with Crippen LogP contribution in [0, 0.1) is 5.92 Å². The summed E-state index contributed by atoms with van der Waals surface area (Å²) < 4.78 is 5.24. The lowest BCUT2D eigenvalue weighted by Gasteiger charge is -2.50. The molecule has 2 aromatic carbocycles. The SMILES string of the molecule is COc1ccc(C2NC(SCC(=O)Nc3ccc(Cl)c(Cl)c3)C3C(=O)N(C)C(=O)N(C)C3N2)cc1. The van der Waals surface area contributed by atoms with E-state index in [1.165, 1.54) is 23.7 Å². The Hall–Kier alpha value is -2.50. The van der Waals surface area contributed by atoms with Crippen LogP contribution >= 0.6 is 35.0 Å². The third-order valence-electron chi connectivity index (χ3n) is 6.00. The van der Waals surface area contributed by atoms with Crippen LogP contribution in [0.5, 0.6) is 5.75 Å². The van der Waals surface area contributed by atoms with E-state index in [9.17, 15) is 14.4 Å². The maximum absolute atomic E-state index is 13.1. The van der Waals surface area contributed by atoms with Gasteiger partial charge in [0.1, 0.15) is 5.75 Å². The Morgan fingerprint density at radius 2 is 1.80 bits per heavy atom. The van der Waals surface area contributed by atoms with Gasteiger partial charge < -0.3 is 15.0 Å². The van der Waals surface area contributed by atoms with E-state index in [0.29, 0.717) is 21.5 Å². The molecule has 4 amide bonds. The molecule has 9 nitrogen and oxygen atoms in total. The van der Waals surface area contributed by atoms with Crippen LogP contribution in [0.2, 0.25) is 10.0 Å². The number of thioether (sulfide) groups is 1. The Morgan fingerprint density at radius 1 is 1.09 bits per heavy atom. The van der Waals surface area contributed by atoms with Crippen LogP contribution in [-0.2, 0) is 9.59 Å². The fourth-order valence-electron chi connectivity index (χ4n) is 4.12. The number of fused-ring (bicyclic) bond motifs is 1. The minimum atomic E-state index is -0.597. The average Bonchev–Trinajstić information content (AvgIpc) is 2.86. The largest absolute Gasteiger partial charge is 0.497 e. The molecule has 35 heavy (non-hydrogen) atoms. The van der Waals surface area contributed by atoms with Gasteiger partial charge in [-0.3, -0.25) is 25.1 Å². The monoisotopic (exact) mass is 537 g/mol. The first-order chi connectivity index (χ1) is 16.7. The van der Waals surface area contributed by atoms with Crippen molar-refractivity contribution in [2.24, 2.45) is 5.92 Å². The highest BCUT2D eigenvalue weighted by atomic mass is 35.5. The topological polar surface area (TPSA) is 103 Å². The molecule has 0 aromatic heterocycles. The summed E-state index contributed by atoms with van der Waals surface area (Å²) >= 11 is 13.3. The van der Waals surface area contributed by atoms with Crippen LogP contribution < -0.4 is 20.7 Å². The second-order valence-electron chi connectivity index (χ2n) is 8.21. The first-order valence-corrected chi connectivity index (χ1v) is 12.6. The smallest absolute Gasteiger partial charge is 0.327 e. The van der Waals surface area contributed by atoms with Gasteiger partial charge in [-0.05, 0) is 35.9 Å². The zero-order chi connectivity index (χ0) is 25.3. The lowest BCUT2D eigenvalue weighted by Crippen LogP contribution is -2.72. The van der Waals surface area contributed by atoms with Crippen LogP contribution in [0.15, 0.2) is 42.5 Å². The highest BCUT2D eigenvalue weighted by Gasteiger charge is 2.51. The molecule has 2 saturated heterocycles. The molecule has 4 rings (SSSR count). The summed E-state index contributed by atoms with van der Waals surface area (Å²) in [5, 5.41) is 9.89. The number of rotatable bonds is 6. The summed E-state index contributed by atoms with van der Waals surface area (Å²) in [7, 11) is 4.72. The van der Waals surface area contributed by atoms with Crippen molar-refractivity contribution in [3.63, 3.8) is 0 Å². The predicted octanol–water partition coefficient (Wildman–Crippen LogP) is 3.36. The second kappa shape index (κ2) is 10.6. The number of carbonyl (C=O) groups is 3. The molecule has 2 fully saturated rings. The molecular weight excluding hydrogens is 513 g/mol. The number of nitrogens with zero attached hydrogens (tertiary/aromatic N) is 2. The van der Waals surface area contributed by atoms with E-state index in [4.69, 9.17) is 27.9 Å². The van der Waals surface area contributed by atoms with Crippen molar-refractivity contribution in [2.75, 3.05) is 32.3 Å². The van der Waals surface area contributed by atoms with E-state index in [-0.39, 0.29) is 29.8 Å². The third kappa shape index (κ3) is 5.36. The summed E-state index contributed by atoms with van der Waals surface area (Å²) in [5.41, 5.74) is 1.43. The van der Waals surface area contributed by atoms with Gasteiger partial charge in [-0.1, -0.05) is 35.3 Å². The molecule has 0 bridgehead atoms. The summed E-state index contributed by atoms with van der Waals surface area (Å²) in [6.07, 6.45) is -0.903. The zero-order valence-electron chi connectivity index (χ0n) is 19.2. The van der Waals surface area contributed by atoms with Crippen LogP contribution in [-0.4, -0.2) is 66.1 Å². The predicted molar refractivity (Wildman–Crippen MR) is 137 cm³/mol. The zero-order valence-corrected chi connectivity index (χ0v) is 21.6. The van der Waals surface area contributed by atoms with E-state index in [1.807, 2.05) is 24.3 Å². The van der Waals surface area contributed by atoms with Crippen LogP contribution in [0.25, 0.3) is 0 Å². The fraction of sp³-hybridized carbons (Fsp3) is 0.348. The number of amides is 4. The summed E-state index contributed by atoms with van der Waals surface area (Å²) in [4.78, 5) is 41.0. The second-order valence-corrected chi connectivity index (χ2v) is 10.2. The molecule has 4 atom stereocenters. The van der Waals surface area contributed by atoms with Crippen molar-refractivity contribution >= 4 is 58.5 Å². The average molecular weight is 538 g/mol. The molecule has 0 radical (unpaired) electrons. The number of anilines is 1. The van der Waals surface area contributed by atoms with Crippen LogP contribution in [0.4, 0.5) is 10.5 Å². The molecular formula is C23H25Cl2N5O4S. The van der Waals surface area contributed by atoms with E-state index < -0.39 is 17.5 Å². The van der Waals surface area contributed by atoms with Gasteiger partial charge >= 0.3 is 6.03 Å². The van der Waals surface area contributed by atoms with Gasteiger partial charge in [-0.15, -0.1) is 11.8 Å². The maximum atomic E-state index is 13.1. The molecule has 4 unspecified atom stereocenters. The van der Waals surface area contributed by atoms with Crippen LogP contribution in [0.3, 0.4) is 0 Å².